The summed E-state index contributed by atoms with van der Waals surface area (Å²) in [6.07, 6.45) is 3.77. The molecule has 5 heteroatoms. The lowest BCUT2D eigenvalue weighted by Gasteiger charge is -2.38. The average molecular weight is 406 g/mol. The first-order valence-corrected chi connectivity index (χ1v) is 11.5. The molecule has 158 valence electrons. The average Bonchev–Trinajstić information content (AvgIpc) is 3.65. The van der Waals surface area contributed by atoms with Crippen LogP contribution in [0.25, 0.3) is 10.8 Å². The number of rotatable bonds is 4. The van der Waals surface area contributed by atoms with Crippen molar-refractivity contribution in [1.82, 2.24) is 14.7 Å². The van der Waals surface area contributed by atoms with E-state index in [2.05, 4.69) is 52.3 Å². The summed E-state index contributed by atoms with van der Waals surface area (Å²) in [7, 11) is 0. The molecule has 30 heavy (non-hydrogen) atoms. The van der Waals surface area contributed by atoms with Crippen molar-refractivity contribution in [3.8, 4) is 0 Å². The number of piperidine rings is 1. The molecule has 0 atom stereocenters. The molecule has 3 aliphatic rings. The standard InChI is InChI=1S/C25H31N3O2/c29-24(20-8-9-20)27-12-10-21(11-13-27)25(30)28-16-14-26(15-17-28)18-22-6-3-5-19-4-1-2-7-23(19)22/h1-7,20-21H,8-18H2. The number of nitrogens with zero attached hydrogens (tertiary/aromatic N) is 3. The van der Waals surface area contributed by atoms with Gasteiger partial charge in [0.15, 0.2) is 0 Å². The minimum atomic E-state index is 0.0953. The molecule has 0 N–H and O–H groups in total. The van der Waals surface area contributed by atoms with Crippen LogP contribution >= 0.6 is 0 Å². The third-order valence-electron chi connectivity index (χ3n) is 7.04. The highest BCUT2D eigenvalue weighted by Crippen LogP contribution is 2.32. The van der Waals surface area contributed by atoms with Crippen LogP contribution in [0.2, 0.25) is 0 Å². The van der Waals surface area contributed by atoms with Crippen molar-refractivity contribution < 1.29 is 9.59 Å². The van der Waals surface area contributed by atoms with E-state index in [4.69, 9.17) is 0 Å². The van der Waals surface area contributed by atoms with Crippen molar-refractivity contribution in [3.05, 3.63) is 48.0 Å². The number of carbonyl (C=O) groups is 2. The van der Waals surface area contributed by atoms with Crippen LogP contribution < -0.4 is 0 Å². The van der Waals surface area contributed by atoms with E-state index in [-0.39, 0.29) is 11.8 Å². The van der Waals surface area contributed by atoms with Crippen molar-refractivity contribution in [1.29, 1.82) is 0 Å². The topological polar surface area (TPSA) is 43.9 Å². The van der Waals surface area contributed by atoms with Gasteiger partial charge in [-0.3, -0.25) is 14.5 Å². The normalized spacial score (nSPS) is 21.2. The summed E-state index contributed by atoms with van der Waals surface area (Å²) in [4.78, 5) is 31.8. The van der Waals surface area contributed by atoms with Gasteiger partial charge in [0.25, 0.3) is 0 Å². The van der Waals surface area contributed by atoms with E-state index in [9.17, 15) is 9.59 Å². The molecule has 2 heterocycles. The number of hydrogen-bond acceptors (Lipinski definition) is 3. The van der Waals surface area contributed by atoms with Crippen LogP contribution in [-0.4, -0.2) is 65.8 Å². The predicted molar refractivity (Wildman–Crippen MR) is 118 cm³/mol. The smallest absolute Gasteiger partial charge is 0.225 e. The van der Waals surface area contributed by atoms with E-state index in [1.165, 1.54) is 16.3 Å². The van der Waals surface area contributed by atoms with Crippen molar-refractivity contribution in [3.63, 3.8) is 0 Å². The first kappa shape index (κ1) is 19.6. The highest BCUT2D eigenvalue weighted by Gasteiger charge is 2.37. The summed E-state index contributed by atoms with van der Waals surface area (Å²) in [5.74, 6) is 1.01. The molecule has 2 amide bonds. The molecule has 0 unspecified atom stereocenters. The highest BCUT2D eigenvalue weighted by atomic mass is 16.2. The molecule has 0 spiro atoms. The van der Waals surface area contributed by atoms with E-state index in [1.807, 2.05) is 4.90 Å². The molecule has 0 radical (unpaired) electrons. The minimum Gasteiger partial charge on any atom is -0.342 e. The van der Waals surface area contributed by atoms with Crippen LogP contribution in [0.15, 0.2) is 42.5 Å². The van der Waals surface area contributed by atoms with Gasteiger partial charge in [-0.05, 0) is 42.0 Å². The number of likely N-dealkylation sites (tertiary alicyclic amines) is 1. The molecule has 5 nitrogen and oxygen atoms in total. The zero-order chi connectivity index (χ0) is 20.5. The molecule has 1 saturated carbocycles. The van der Waals surface area contributed by atoms with Crippen LogP contribution in [0.5, 0.6) is 0 Å². The predicted octanol–water partition coefficient (Wildman–Crippen LogP) is 3.13. The molecule has 0 aromatic heterocycles. The first-order valence-electron chi connectivity index (χ1n) is 11.5. The molecule has 1 aliphatic carbocycles. The Bertz CT molecular complexity index is 918. The molecule has 2 aliphatic heterocycles. The molecule has 2 aromatic rings. The van der Waals surface area contributed by atoms with Gasteiger partial charge in [-0.2, -0.15) is 0 Å². The fourth-order valence-electron chi connectivity index (χ4n) is 4.99. The monoisotopic (exact) mass is 405 g/mol. The summed E-state index contributed by atoms with van der Waals surface area (Å²) in [6.45, 7) is 5.92. The van der Waals surface area contributed by atoms with E-state index in [0.29, 0.717) is 11.8 Å². The quantitative estimate of drug-likeness (QED) is 0.785. The van der Waals surface area contributed by atoms with E-state index in [0.717, 1.165) is 71.5 Å². The second-order valence-electron chi connectivity index (χ2n) is 9.11. The Labute approximate surface area is 178 Å². The first-order chi connectivity index (χ1) is 14.7. The summed E-state index contributed by atoms with van der Waals surface area (Å²) < 4.78 is 0. The lowest BCUT2D eigenvalue weighted by atomic mass is 9.94. The van der Waals surface area contributed by atoms with E-state index >= 15 is 0 Å². The van der Waals surface area contributed by atoms with Crippen LogP contribution in [-0.2, 0) is 16.1 Å². The lowest BCUT2D eigenvalue weighted by molar-refractivity contribution is -0.142. The summed E-state index contributed by atoms with van der Waals surface area (Å²) in [5.41, 5.74) is 1.36. The van der Waals surface area contributed by atoms with Gasteiger partial charge in [0.2, 0.25) is 11.8 Å². The Morgan fingerprint density at radius 3 is 2.00 bits per heavy atom. The Morgan fingerprint density at radius 1 is 0.700 bits per heavy atom. The van der Waals surface area contributed by atoms with Gasteiger partial charge in [-0.25, -0.2) is 0 Å². The van der Waals surface area contributed by atoms with Crippen LogP contribution in [0.3, 0.4) is 0 Å². The summed E-state index contributed by atoms with van der Waals surface area (Å²) in [6, 6.07) is 15.1. The lowest BCUT2D eigenvalue weighted by Crippen LogP contribution is -2.51. The minimum absolute atomic E-state index is 0.0953. The third-order valence-corrected chi connectivity index (χ3v) is 7.04. The second kappa shape index (κ2) is 8.38. The Balaban J connectivity index is 1.12. The maximum Gasteiger partial charge on any atom is 0.225 e. The molecule has 5 rings (SSSR count). The highest BCUT2D eigenvalue weighted by molar-refractivity contribution is 5.85. The molecule has 2 aromatic carbocycles. The number of benzene rings is 2. The Morgan fingerprint density at radius 2 is 1.30 bits per heavy atom. The fraction of sp³-hybridized carbons (Fsp3) is 0.520. The van der Waals surface area contributed by atoms with Crippen molar-refractivity contribution in [2.45, 2.75) is 32.2 Å². The van der Waals surface area contributed by atoms with Gasteiger partial charge in [-0.15, -0.1) is 0 Å². The Kier molecular flexibility index (Phi) is 5.47. The number of amides is 2. The van der Waals surface area contributed by atoms with Crippen LogP contribution in [0.4, 0.5) is 0 Å². The van der Waals surface area contributed by atoms with E-state index < -0.39 is 0 Å². The third kappa shape index (κ3) is 4.08. The maximum atomic E-state index is 13.0. The van der Waals surface area contributed by atoms with Gasteiger partial charge in [0, 0.05) is 57.6 Å². The largest absolute Gasteiger partial charge is 0.342 e. The SMILES string of the molecule is O=C(C1CC1)N1CCC(C(=O)N2CCN(Cc3cccc4ccccc34)CC2)CC1. The van der Waals surface area contributed by atoms with Crippen LogP contribution in [0.1, 0.15) is 31.2 Å². The van der Waals surface area contributed by atoms with Crippen molar-refractivity contribution >= 4 is 22.6 Å². The number of carbonyl (C=O) groups excluding carboxylic acids is 2. The number of hydrogen-bond donors (Lipinski definition) is 0. The number of fused-ring (bicyclic) bond motifs is 1. The summed E-state index contributed by atoms with van der Waals surface area (Å²) >= 11 is 0. The molecular formula is C25H31N3O2. The van der Waals surface area contributed by atoms with Gasteiger partial charge < -0.3 is 9.80 Å². The van der Waals surface area contributed by atoms with E-state index in [1.54, 1.807) is 0 Å². The van der Waals surface area contributed by atoms with Crippen LogP contribution in [0, 0.1) is 11.8 Å². The van der Waals surface area contributed by atoms with Crippen molar-refractivity contribution in [2.75, 3.05) is 39.3 Å². The van der Waals surface area contributed by atoms with Crippen molar-refractivity contribution in [2.24, 2.45) is 11.8 Å². The fourth-order valence-corrected chi connectivity index (χ4v) is 4.99. The number of piperazine rings is 1. The van der Waals surface area contributed by atoms with Gasteiger partial charge in [0.1, 0.15) is 0 Å². The molecule has 3 fully saturated rings. The van der Waals surface area contributed by atoms with Gasteiger partial charge in [-0.1, -0.05) is 42.5 Å². The second-order valence-corrected chi connectivity index (χ2v) is 9.11. The Hall–Kier alpha value is -2.40. The maximum absolute atomic E-state index is 13.0. The summed E-state index contributed by atoms with van der Waals surface area (Å²) in [5, 5.41) is 2.61. The molecule has 0 bridgehead atoms. The molecular weight excluding hydrogens is 374 g/mol. The van der Waals surface area contributed by atoms with Gasteiger partial charge in [0.05, 0.1) is 0 Å². The molecule has 2 saturated heterocycles. The zero-order valence-electron chi connectivity index (χ0n) is 17.6. The zero-order valence-corrected chi connectivity index (χ0v) is 17.6. The van der Waals surface area contributed by atoms with Gasteiger partial charge >= 0.3 is 0 Å².